The lowest BCUT2D eigenvalue weighted by atomic mass is 10.2. The molecule has 1 aromatic heterocycles. The van der Waals surface area contributed by atoms with Crippen LogP contribution in [0.3, 0.4) is 0 Å². The molecule has 0 radical (unpaired) electrons. The molecular formula is C15H14F2N2O4. The van der Waals surface area contributed by atoms with E-state index in [2.05, 4.69) is 5.32 Å². The van der Waals surface area contributed by atoms with E-state index in [0.717, 1.165) is 18.2 Å². The van der Waals surface area contributed by atoms with Crippen molar-refractivity contribution in [3.63, 3.8) is 0 Å². The number of hydrogen-bond donors (Lipinski definition) is 2. The lowest BCUT2D eigenvalue weighted by molar-refractivity contribution is -0.136. The van der Waals surface area contributed by atoms with Crippen LogP contribution in [0.25, 0.3) is 0 Å². The number of benzene rings is 1. The first-order valence-corrected chi connectivity index (χ1v) is 6.61. The molecule has 0 aliphatic heterocycles. The molecule has 1 atom stereocenters. The normalized spacial score (nSPS) is 11.8. The van der Waals surface area contributed by atoms with Gasteiger partial charge in [-0.3, -0.25) is 9.59 Å². The number of anilines is 1. The van der Waals surface area contributed by atoms with Crippen molar-refractivity contribution in [2.24, 2.45) is 0 Å². The van der Waals surface area contributed by atoms with E-state index >= 15 is 0 Å². The van der Waals surface area contributed by atoms with Gasteiger partial charge in [0.2, 0.25) is 0 Å². The van der Waals surface area contributed by atoms with Crippen LogP contribution >= 0.6 is 0 Å². The van der Waals surface area contributed by atoms with Gasteiger partial charge in [0, 0.05) is 13.2 Å². The average Bonchev–Trinajstić information content (AvgIpc) is 3.05. The topological polar surface area (TPSA) is 80.6 Å². The summed E-state index contributed by atoms with van der Waals surface area (Å²) in [5.74, 6) is -3.24. The van der Waals surface area contributed by atoms with Crippen LogP contribution in [0.5, 0.6) is 0 Å². The molecule has 0 fully saturated rings. The number of nitrogens with one attached hydrogen (secondary N) is 2. The summed E-state index contributed by atoms with van der Waals surface area (Å²) in [6.07, 6.45) is 0.871. The number of halogens is 2. The lowest BCUT2D eigenvalue weighted by Gasteiger charge is -2.13. The smallest absolute Gasteiger partial charge is 0.313 e. The molecular weight excluding hydrogens is 310 g/mol. The lowest BCUT2D eigenvalue weighted by Crippen LogP contribution is -2.38. The summed E-state index contributed by atoms with van der Waals surface area (Å²) < 4.78 is 36.7. The largest absolute Gasteiger partial charge is 0.467 e. The van der Waals surface area contributed by atoms with Gasteiger partial charge >= 0.3 is 11.8 Å². The van der Waals surface area contributed by atoms with Crippen molar-refractivity contribution in [3.8, 4) is 0 Å². The van der Waals surface area contributed by atoms with E-state index in [-0.39, 0.29) is 6.54 Å². The first-order valence-electron chi connectivity index (χ1n) is 6.61. The Morgan fingerprint density at radius 2 is 2.04 bits per heavy atom. The summed E-state index contributed by atoms with van der Waals surface area (Å²) >= 11 is 0. The first-order chi connectivity index (χ1) is 11.0. The van der Waals surface area contributed by atoms with Gasteiger partial charge in [-0.05, 0) is 24.3 Å². The highest BCUT2D eigenvalue weighted by Crippen LogP contribution is 2.16. The minimum atomic E-state index is -1.12. The Labute approximate surface area is 130 Å². The Kier molecular flexibility index (Phi) is 5.42. The summed E-state index contributed by atoms with van der Waals surface area (Å²) in [4.78, 5) is 23.4. The predicted octanol–water partition coefficient (Wildman–Crippen LogP) is 2.00. The van der Waals surface area contributed by atoms with Gasteiger partial charge in [-0.1, -0.05) is 0 Å². The van der Waals surface area contributed by atoms with E-state index in [1.807, 2.05) is 5.32 Å². The second-order valence-corrected chi connectivity index (χ2v) is 4.53. The van der Waals surface area contributed by atoms with Crippen molar-refractivity contribution >= 4 is 17.5 Å². The summed E-state index contributed by atoms with van der Waals surface area (Å²) in [6, 6.07) is 5.84. The molecule has 1 aromatic carbocycles. The third-order valence-electron chi connectivity index (χ3n) is 2.98. The Hall–Kier alpha value is -2.74. The molecule has 0 spiro atoms. The molecule has 2 rings (SSSR count). The molecule has 0 unspecified atom stereocenters. The number of amides is 2. The Bertz CT molecular complexity index is 689. The highest BCUT2D eigenvalue weighted by atomic mass is 19.1. The molecule has 0 aliphatic carbocycles. The number of furan rings is 1. The van der Waals surface area contributed by atoms with Crippen LogP contribution in [0.4, 0.5) is 14.5 Å². The van der Waals surface area contributed by atoms with Crippen molar-refractivity contribution in [2.75, 3.05) is 19.0 Å². The zero-order valence-electron chi connectivity index (χ0n) is 12.1. The van der Waals surface area contributed by atoms with Gasteiger partial charge in [-0.15, -0.1) is 0 Å². The number of carbonyl (C=O) groups excluding carboxylic acids is 2. The van der Waals surface area contributed by atoms with Crippen molar-refractivity contribution in [1.29, 1.82) is 0 Å². The molecule has 0 saturated heterocycles. The minimum Gasteiger partial charge on any atom is -0.467 e. The number of rotatable bonds is 5. The maximum atomic E-state index is 13.4. The quantitative estimate of drug-likeness (QED) is 0.825. The molecule has 23 heavy (non-hydrogen) atoms. The van der Waals surface area contributed by atoms with E-state index in [9.17, 15) is 18.4 Å². The monoisotopic (exact) mass is 324 g/mol. The van der Waals surface area contributed by atoms with Gasteiger partial charge < -0.3 is 19.8 Å². The molecule has 0 saturated carbocycles. The molecule has 2 amide bonds. The molecule has 0 aliphatic rings. The predicted molar refractivity (Wildman–Crippen MR) is 76.5 cm³/mol. The fraction of sp³-hybridized carbons (Fsp3) is 0.200. The van der Waals surface area contributed by atoms with Gasteiger partial charge in [0.15, 0.2) is 0 Å². The fourth-order valence-corrected chi connectivity index (χ4v) is 1.81. The van der Waals surface area contributed by atoms with Crippen molar-refractivity contribution in [2.45, 2.75) is 6.10 Å². The maximum absolute atomic E-state index is 13.4. The molecule has 8 heteroatoms. The van der Waals surface area contributed by atoms with E-state index in [0.29, 0.717) is 5.76 Å². The first kappa shape index (κ1) is 16.6. The van der Waals surface area contributed by atoms with Crippen molar-refractivity contribution in [1.82, 2.24) is 5.32 Å². The van der Waals surface area contributed by atoms with Crippen LogP contribution < -0.4 is 10.6 Å². The fourth-order valence-electron chi connectivity index (χ4n) is 1.81. The van der Waals surface area contributed by atoms with E-state index in [1.165, 1.54) is 13.4 Å². The minimum absolute atomic E-state index is 0.0259. The van der Waals surface area contributed by atoms with Crippen molar-refractivity contribution < 1.29 is 27.5 Å². The van der Waals surface area contributed by atoms with Gasteiger partial charge in [0.1, 0.15) is 23.5 Å². The molecule has 0 bridgehead atoms. The maximum Gasteiger partial charge on any atom is 0.313 e. The highest BCUT2D eigenvalue weighted by Gasteiger charge is 2.19. The SMILES string of the molecule is CO[C@H](CNC(=O)C(=O)Nc1cc(F)ccc1F)c1ccco1. The molecule has 122 valence electrons. The number of hydrogen-bond acceptors (Lipinski definition) is 4. The van der Waals surface area contributed by atoms with Crippen LogP contribution in [0.1, 0.15) is 11.9 Å². The number of methoxy groups -OCH3 is 1. The number of ether oxygens (including phenoxy) is 1. The Balaban J connectivity index is 1.92. The van der Waals surface area contributed by atoms with Gasteiger partial charge in [-0.25, -0.2) is 8.78 Å². The van der Waals surface area contributed by atoms with E-state index in [4.69, 9.17) is 9.15 Å². The van der Waals surface area contributed by atoms with Crippen LogP contribution in [0, 0.1) is 11.6 Å². The second-order valence-electron chi connectivity index (χ2n) is 4.53. The zero-order valence-corrected chi connectivity index (χ0v) is 12.1. The van der Waals surface area contributed by atoms with Crippen LogP contribution in [-0.4, -0.2) is 25.5 Å². The van der Waals surface area contributed by atoms with E-state index < -0.39 is 35.2 Å². The van der Waals surface area contributed by atoms with Gasteiger partial charge in [0.25, 0.3) is 0 Å². The summed E-state index contributed by atoms with van der Waals surface area (Å²) in [7, 11) is 1.42. The number of carbonyl (C=O) groups is 2. The van der Waals surface area contributed by atoms with Crippen LogP contribution in [0.15, 0.2) is 41.0 Å². The van der Waals surface area contributed by atoms with Gasteiger partial charge in [0.05, 0.1) is 18.5 Å². The van der Waals surface area contributed by atoms with Crippen LogP contribution in [-0.2, 0) is 14.3 Å². The third-order valence-corrected chi connectivity index (χ3v) is 2.98. The highest BCUT2D eigenvalue weighted by molar-refractivity contribution is 6.39. The summed E-state index contributed by atoms with van der Waals surface area (Å²) in [5, 5.41) is 4.32. The summed E-state index contributed by atoms with van der Waals surface area (Å²) in [6.45, 7) is -0.0259. The zero-order chi connectivity index (χ0) is 16.8. The second kappa shape index (κ2) is 7.50. The van der Waals surface area contributed by atoms with E-state index in [1.54, 1.807) is 12.1 Å². The standard InChI is InChI=1S/C15H14F2N2O4/c1-22-13(12-3-2-6-23-12)8-18-14(20)15(21)19-11-7-9(16)4-5-10(11)17/h2-7,13H,8H2,1H3,(H,18,20)(H,19,21)/t13-/m1/s1. The molecule has 6 nitrogen and oxygen atoms in total. The molecule has 1 heterocycles. The molecule has 2 aromatic rings. The summed E-state index contributed by atoms with van der Waals surface area (Å²) in [5.41, 5.74) is -0.417. The van der Waals surface area contributed by atoms with Crippen LogP contribution in [0.2, 0.25) is 0 Å². The van der Waals surface area contributed by atoms with Gasteiger partial charge in [-0.2, -0.15) is 0 Å². The Morgan fingerprint density at radius 3 is 2.70 bits per heavy atom. The van der Waals surface area contributed by atoms with Crippen molar-refractivity contribution in [3.05, 3.63) is 54.0 Å². The third kappa shape index (κ3) is 4.36. The molecule has 2 N–H and O–H groups in total. The average molecular weight is 324 g/mol. The Morgan fingerprint density at radius 1 is 1.26 bits per heavy atom.